The van der Waals surface area contributed by atoms with E-state index < -0.39 is 5.97 Å². The molecule has 0 aromatic carbocycles. The zero-order valence-corrected chi connectivity index (χ0v) is 45.0. The van der Waals surface area contributed by atoms with Gasteiger partial charge in [-0.3, -0.25) is 34.4 Å². The third-order valence-electron chi connectivity index (χ3n) is 10.1. The molecule has 4 aliphatic heterocycles. The number of aliphatic hydroxyl groups is 1. The maximum atomic E-state index is 10.1. The Morgan fingerprint density at radius 2 is 1.19 bits per heavy atom. The van der Waals surface area contributed by atoms with E-state index in [1.165, 1.54) is 93.7 Å². The van der Waals surface area contributed by atoms with Crippen LogP contribution in [0.2, 0.25) is 0 Å². The topological polar surface area (TPSA) is 266 Å². The minimum absolute atomic E-state index is 0. The number of carboxylic acids is 1. The SMILES string of the molecule is Brc1cccnc1.C.C.C.C1CCCC1.CC(=O)O.CC=NC(C)=O.CN1CCCC1c1cccnc1.O.O.ON1CCCC1c1cccnc1.[B].[CH2-]O.[Na+].[O-][N+]1=CCCC1.c1cncc(C2CCCN2)c1. The van der Waals surface area contributed by atoms with E-state index in [9.17, 15) is 15.2 Å². The molecule has 1 saturated carbocycles. The number of hydrogen-bond acceptors (Lipinski definition) is 12. The molecule has 4 fully saturated rings. The summed E-state index contributed by atoms with van der Waals surface area (Å²) in [5.41, 5.74) is 3.79. The number of likely N-dealkylation sites (tertiary alicyclic amines) is 1. The zero-order valence-electron chi connectivity index (χ0n) is 41.5. The van der Waals surface area contributed by atoms with Crippen LogP contribution in [0.1, 0.15) is 161 Å². The molecule has 0 bridgehead atoms. The quantitative estimate of drug-likeness (QED) is 0.0538. The fourth-order valence-corrected chi connectivity index (χ4v) is 7.37. The molecule has 0 spiro atoms. The van der Waals surface area contributed by atoms with Crippen LogP contribution in [0.5, 0.6) is 0 Å². The average Bonchev–Trinajstić information content (AvgIpc) is 4.20. The van der Waals surface area contributed by atoms with E-state index in [0.717, 1.165) is 60.5 Å². The van der Waals surface area contributed by atoms with Gasteiger partial charge in [-0.2, -0.15) is 5.06 Å². The predicted molar refractivity (Wildman–Crippen MR) is 295 cm³/mol. The molecular weight excluding hydrogens is 992 g/mol. The van der Waals surface area contributed by atoms with E-state index >= 15 is 0 Å². The molecule has 4 aromatic rings. The van der Waals surface area contributed by atoms with Gasteiger partial charge < -0.3 is 36.9 Å². The van der Waals surface area contributed by atoms with Gasteiger partial charge in [0.1, 0.15) is 0 Å². The molecule has 9 rings (SSSR count). The number of carboxylic acid groups (broad SMARTS) is 1. The van der Waals surface area contributed by atoms with Gasteiger partial charge >= 0.3 is 29.6 Å². The Morgan fingerprint density at radius 1 is 0.750 bits per heavy atom. The van der Waals surface area contributed by atoms with Crippen molar-refractivity contribution in [1.29, 1.82) is 0 Å². The summed E-state index contributed by atoms with van der Waals surface area (Å²) in [6.07, 6.45) is 34.5. The molecule has 401 valence electrons. The number of halogens is 1. The molecule has 5 aliphatic rings. The zero-order chi connectivity index (χ0) is 47.9. The summed E-state index contributed by atoms with van der Waals surface area (Å²) in [5, 5.41) is 38.6. The van der Waals surface area contributed by atoms with E-state index in [1.807, 2.05) is 67.4 Å². The Balaban J connectivity index is -0.000000135. The summed E-state index contributed by atoms with van der Waals surface area (Å²) in [7, 11) is 4.44. The van der Waals surface area contributed by atoms with Crippen LogP contribution in [0.25, 0.3) is 0 Å². The Kier molecular flexibility index (Phi) is 62.7. The number of carbonyl (C=O) groups excluding carboxylic acids is 1. The van der Waals surface area contributed by atoms with Gasteiger partial charge in [-0.25, -0.2) is 16.8 Å². The van der Waals surface area contributed by atoms with Gasteiger partial charge in [-0.1, -0.05) is 72.6 Å². The molecule has 17 nitrogen and oxygen atoms in total. The smallest absolute Gasteiger partial charge is 0.624 e. The number of carbonyl (C=O) groups is 2. The van der Waals surface area contributed by atoms with Crippen molar-refractivity contribution < 1.29 is 70.3 Å². The maximum absolute atomic E-state index is 10.1. The molecule has 3 saturated heterocycles. The first kappa shape index (κ1) is 82.2. The van der Waals surface area contributed by atoms with Gasteiger partial charge in [0.2, 0.25) is 5.91 Å². The van der Waals surface area contributed by atoms with Crippen molar-refractivity contribution >= 4 is 48.6 Å². The molecular formula is C52H89BBrN9NaO8. The maximum Gasteiger partial charge on any atom is 1.00 e. The number of nitrogens with one attached hydrogen (secondary N) is 1. The predicted octanol–water partition coefficient (Wildman–Crippen LogP) is 6.87. The number of aliphatic imine (C=N–C) groups is 1. The van der Waals surface area contributed by atoms with E-state index in [1.54, 1.807) is 31.7 Å². The third-order valence-corrected chi connectivity index (χ3v) is 10.6. The van der Waals surface area contributed by atoms with Gasteiger partial charge in [0, 0.05) is 114 Å². The molecule has 20 heteroatoms. The van der Waals surface area contributed by atoms with E-state index in [2.05, 4.69) is 77.4 Å². The van der Waals surface area contributed by atoms with Gasteiger partial charge in [0.05, 0.1) is 6.04 Å². The second-order valence-electron chi connectivity index (χ2n) is 15.3. The monoisotopic (exact) mass is 1080 g/mol. The Morgan fingerprint density at radius 3 is 1.46 bits per heavy atom. The Labute approximate surface area is 465 Å². The number of hydrogen-bond donors (Lipinski definition) is 4. The number of aliphatic carboxylic acids is 1. The molecule has 4 aromatic heterocycles. The summed E-state index contributed by atoms with van der Waals surface area (Å²) in [6, 6.07) is 17.4. The number of amides is 1. The molecule has 8 N–H and O–H groups in total. The van der Waals surface area contributed by atoms with Crippen molar-refractivity contribution in [2.45, 2.75) is 145 Å². The van der Waals surface area contributed by atoms with Crippen molar-refractivity contribution in [2.24, 2.45) is 4.99 Å². The first-order valence-corrected chi connectivity index (χ1v) is 23.2. The summed E-state index contributed by atoms with van der Waals surface area (Å²) in [4.78, 5) is 40.7. The molecule has 72 heavy (non-hydrogen) atoms. The van der Waals surface area contributed by atoms with Gasteiger partial charge in [-0.15, -0.1) is 0 Å². The van der Waals surface area contributed by atoms with Crippen LogP contribution >= 0.6 is 15.9 Å². The van der Waals surface area contributed by atoms with Crippen LogP contribution in [0.3, 0.4) is 0 Å². The van der Waals surface area contributed by atoms with Crippen molar-refractivity contribution in [1.82, 2.24) is 35.2 Å². The molecule has 3 unspecified atom stereocenters. The summed E-state index contributed by atoms with van der Waals surface area (Å²) < 4.78 is 2.01. The van der Waals surface area contributed by atoms with E-state index in [0.29, 0.717) is 18.6 Å². The molecule has 1 amide bonds. The van der Waals surface area contributed by atoms with Crippen molar-refractivity contribution in [3.8, 4) is 0 Å². The van der Waals surface area contributed by atoms with Crippen molar-refractivity contribution in [3.63, 3.8) is 0 Å². The first-order valence-electron chi connectivity index (χ1n) is 22.4. The van der Waals surface area contributed by atoms with Crippen molar-refractivity contribution in [2.75, 3.05) is 33.2 Å². The number of aromatic nitrogens is 4. The van der Waals surface area contributed by atoms with Crippen LogP contribution < -0.4 is 34.9 Å². The number of rotatable bonds is 3. The minimum Gasteiger partial charge on any atom is -0.624 e. The first-order chi connectivity index (χ1) is 31.5. The molecule has 3 atom stereocenters. The molecule has 8 heterocycles. The molecule has 3 radical (unpaired) electrons. The normalized spacial score (nSPS) is 17.3. The Bertz CT molecular complexity index is 1760. The number of nitrogens with zero attached hydrogens (tertiary/aromatic N) is 8. The second-order valence-corrected chi connectivity index (χ2v) is 16.2. The largest absolute Gasteiger partial charge is 1.00 e. The second kappa shape index (κ2) is 54.9. The van der Waals surface area contributed by atoms with Gasteiger partial charge in [0.25, 0.3) is 5.97 Å². The van der Waals surface area contributed by atoms with E-state index in [4.69, 9.17) is 15.0 Å². The minimum atomic E-state index is -0.833. The third kappa shape index (κ3) is 41.6. The van der Waals surface area contributed by atoms with Gasteiger partial charge in [-0.05, 0) is 129 Å². The van der Waals surface area contributed by atoms with Crippen LogP contribution in [0.4, 0.5) is 0 Å². The number of pyridine rings is 4. The fourth-order valence-electron chi connectivity index (χ4n) is 7.10. The Hall–Kier alpha value is -3.86. The summed E-state index contributed by atoms with van der Waals surface area (Å²) in [6.45, 7) is 8.07. The number of aliphatic hydroxyl groups excluding tert-OH is 1. The van der Waals surface area contributed by atoms with Crippen LogP contribution in [0, 0.1) is 12.3 Å². The number of hydroxylamine groups is 3. The van der Waals surface area contributed by atoms with Crippen LogP contribution in [0.15, 0.2) is 108 Å². The summed E-state index contributed by atoms with van der Waals surface area (Å²) >= 11 is 3.25. The van der Waals surface area contributed by atoms with Crippen molar-refractivity contribution in [3.05, 3.63) is 132 Å². The summed E-state index contributed by atoms with van der Waals surface area (Å²) in [5.74, 6) is -0.975. The average molecular weight is 1080 g/mol. The van der Waals surface area contributed by atoms with Gasteiger partial charge in [0.15, 0.2) is 12.8 Å². The fraction of sp³-hybridized carbons (Fsp3) is 0.519. The van der Waals surface area contributed by atoms with Crippen LogP contribution in [-0.4, -0.2) is 127 Å². The van der Waals surface area contributed by atoms with Crippen LogP contribution in [-0.2, 0) is 9.59 Å². The standard InChI is InChI=1S/C10H14N2.C9H12N2O.C9H12N2.C5H4BrN.C5H10.2C4H7NO.C2H4O2.CH3O.3CH4.B.Na.2H2O/c1-12-7-3-5-10(12)9-4-2-6-11-8-9;12-11-6-2-4-9(11)8-3-1-5-10-7-8;1-3-8(7-10-5-1)9-4-2-6-11-9;6-5-2-1-3-7-4-5;1-2-4-5-3-1;6-5-3-1-2-4-5;1-3-5-4(2)6;1-2(3)4;1-2;;;;;;;/h2,4,6,8,10H,3,5,7H2,1H3;1,3,5,7,9,12H,2,4,6H2;1,3,5,7,9,11H,2,4,6H2;1-4H;1-5H2;3H,1-2,4H2;3H,1-2H3;1H3,(H,3,4);2H,1H2;3*1H4;;;2*1H2/q;;;;;;;;-1;;;;;+1;;. The van der Waals surface area contributed by atoms with E-state index in [-0.39, 0.29) is 83.2 Å². The molecule has 1 aliphatic carbocycles.